The Morgan fingerprint density at radius 2 is 1.74 bits per heavy atom. The molecule has 19 heavy (non-hydrogen) atoms. The maximum Gasteiger partial charge on any atom is 0.165 e. The molecule has 1 aliphatic heterocycles. The van der Waals surface area contributed by atoms with Crippen molar-refractivity contribution < 1.29 is 17.6 Å². The highest BCUT2D eigenvalue weighted by Crippen LogP contribution is 2.32. The van der Waals surface area contributed by atoms with Crippen LogP contribution in [0.15, 0.2) is 6.07 Å². The smallest absolute Gasteiger partial charge is 0.165 e. The van der Waals surface area contributed by atoms with E-state index in [1.807, 2.05) is 4.90 Å². The minimum absolute atomic E-state index is 0.243. The van der Waals surface area contributed by atoms with Crippen LogP contribution < -0.4 is 5.73 Å². The Morgan fingerprint density at radius 1 is 1.26 bits per heavy atom. The van der Waals surface area contributed by atoms with E-state index in [0.717, 1.165) is 5.49 Å². The molecular formula is C12H14F4N2S. The molecule has 2 nitrogen and oxygen atoms in total. The van der Waals surface area contributed by atoms with Gasteiger partial charge in [-0.1, -0.05) is 12.2 Å². The molecule has 2 rings (SSSR count). The number of benzene rings is 1. The molecule has 1 aromatic rings. The number of hydrogen-bond donors (Lipinski definition) is 1. The van der Waals surface area contributed by atoms with Gasteiger partial charge < -0.3 is 10.6 Å². The number of thiocarbonyl (C=S) groups is 1. The standard InChI is InChI=1S/C11H11F4N.CH3NS/c1-16-3-2-6(5-16)9-10(14)7(12)4-8(13)11(9)15;2-1-3/h4,6H,2-3,5H2,1H3;1H,(H2,2,3). The monoisotopic (exact) mass is 294 g/mol. The van der Waals surface area contributed by atoms with E-state index in [-0.39, 0.29) is 6.07 Å². The second kappa shape index (κ2) is 6.81. The number of likely N-dealkylation sites (N-methyl/N-ethyl adjacent to an activating group) is 1. The number of halogens is 4. The average Bonchev–Trinajstić information content (AvgIpc) is 2.75. The van der Waals surface area contributed by atoms with Crippen LogP contribution in [0.5, 0.6) is 0 Å². The zero-order valence-corrected chi connectivity index (χ0v) is 11.1. The predicted molar refractivity (Wildman–Crippen MR) is 69.0 cm³/mol. The van der Waals surface area contributed by atoms with E-state index in [1.165, 1.54) is 0 Å². The fraction of sp³-hybridized carbons (Fsp3) is 0.417. The van der Waals surface area contributed by atoms with E-state index < -0.39 is 34.8 Å². The molecule has 1 heterocycles. The molecule has 106 valence electrons. The molecule has 1 aromatic carbocycles. The highest BCUT2D eigenvalue weighted by molar-refractivity contribution is 7.78. The highest BCUT2D eigenvalue weighted by atomic mass is 32.1. The molecule has 1 unspecified atom stereocenters. The largest absolute Gasteiger partial charge is 0.396 e. The van der Waals surface area contributed by atoms with Crippen LogP contribution in [0.3, 0.4) is 0 Å². The fourth-order valence-electron chi connectivity index (χ4n) is 2.12. The maximum absolute atomic E-state index is 13.4. The molecule has 1 fully saturated rings. The lowest BCUT2D eigenvalue weighted by Crippen LogP contribution is -2.15. The molecule has 0 bridgehead atoms. The summed E-state index contributed by atoms with van der Waals surface area (Å²) in [6.07, 6.45) is 0.507. The summed E-state index contributed by atoms with van der Waals surface area (Å²) >= 11 is 4.05. The lowest BCUT2D eigenvalue weighted by molar-refractivity contribution is 0.397. The van der Waals surface area contributed by atoms with Gasteiger partial charge in [0.1, 0.15) is 0 Å². The minimum atomic E-state index is -1.33. The van der Waals surface area contributed by atoms with Gasteiger partial charge in [-0.2, -0.15) is 0 Å². The normalized spacial score (nSPS) is 18.9. The van der Waals surface area contributed by atoms with Crippen molar-refractivity contribution in [3.63, 3.8) is 0 Å². The van der Waals surface area contributed by atoms with Crippen molar-refractivity contribution in [1.82, 2.24) is 4.90 Å². The van der Waals surface area contributed by atoms with Crippen LogP contribution in [0.4, 0.5) is 17.6 Å². The van der Waals surface area contributed by atoms with E-state index in [0.29, 0.717) is 19.5 Å². The molecule has 0 saturated carbocycles. The molecule has 0 spiro atoms. The summed E-state index contributed by atoms with van der Waals surface area (Å²) in [6.45, 7) is 1.08. The van der Waals surface area contributed by atoms with E-state index in [1.54, 1.807) is 7.05 Å². The first-order chi connectivity index (χ1) is 8.92. The summed E-state index contributed by atoms with van der Waals surface area (Å²) in [6, 6.07) is 0.243. The van der Waals surface area contributed by atoms with Gasteiger partial charge in [0, 0.05) is 24.1 Å². The summed E-state index contributed by atoms with van der Waals surface area (Å²) in [4.78, 5) is 1.87. The zero-order chi connectivity index (χ0) is 14.6. The summed E-state index contributed by atoms with van der Waals surface area (Å²) in [5.74, 6) is -5.67. The summed E-state index contributed by atoms with van der Waals surface area (Å²) in [7, 11) is 1.80. The van der Waals surface area contributed by atoms with Gasteiger partial charge in [0.25, 0.3) is 0 Å². The average molecular weight is 294 g/mol. The first-order valence-electron chi connectivity index (χ1n) is 5.59. The molecule has 0 aliphatic carbocycles. The number of likely N-dealkylation sites (tertiary alicyclic amines) is 1. The maximum atomic E-state index is 13.4. The zero-order valence-electron chi connectivity index (χ0n) is 10.3. The van der Waals surface area contributed by atoms with Gasteiger partial charge in [-0.25, -0.2) is 17.6 Å². The second-order valence-electron chi connectivity index (χ2n) is 4.27. The Morgan fingerprint density at radius 3 is 2.11 bits per heavy atom. The number of nitrogens with two attached hydrogens (primary N) is 1. The summed E-state index contributed by atoms with van der Waals surface area (Å²) < 4.78 is 52.8. The molecule has 0 radical (unpaired) electrons. The minimum Gasteiger partial charge on any atom is -0.396 e. The van der Waals surface area contributed by atoms with Crippen molar-refractivity contribution in [2.75, 3.05) is 20.1 Å². The van der Waals surface area contributed by atoms with Crippen molar-refractivity contribution in [2.45, 2.75) is 12.3 Å². The van der Waals surface area contributed by atoms with Crippen molar-refractivity contribution in [3.05, 3.63) is 34.9 Å². The molecule has 1 atom stereocenters. The first-order valence-corrected chi connectivity index (χ1v) is 6.06. The molecule has 2 N–H and O–H groups in total. The third kappa shape index (κ3) is 3.63. The van der Waals surface area contributed by atoms with E-state index in [9.17, 15) is 17.6 Å². The Balaban J connectivity index is 0.000000550. The molecule has 0 amide bonds. The second-order valence-corrected chi connectivity index (χ2v) is 4.54. The number of rotatable bonds is 1. The van der Waals surface area contributed by atoms with Gasteiger partial charge in [-0.05, 0) is 20.0 Å². The van der Waals surface area contributed by atoms with Crippen LogP contribution >= 0.6 is 12.2 Å². The molecular weight excluding hydrogens is 280 g/mol. The molecule has 0 aromatic heterocycles. The van der Waals surface area contributed by atoms with Crippen molar-refractivity contribution in [1.29, 1.82) is 0 Å². The van der Waals surface area contributed by atoms with Crippen molar-refractivity contribution in [2.24, 2.45) is 5.73 Å². The van der Waals surface area contributed by atoms with Gasteiger partial charge in [0.2, 0.25) is 0 Å². The Hall–Kier alpha value is -1.21. The van der Waals surface area contributed by atoms with Crippen molar-refractivity contribution in [3.8, 4) is 0 Å². The molecule has 7 heteroatoms. The van der Waals surface area contributed by atoms with Gasteiger partial charge in [-0.3, -0.25) is 0 Å². The quantitative estimate of drug-likeness (QED) is 0.490. The Bertz CT molecular complexity index is 441. The van der Waals surface area contributed by atoms with Gasteiger partial charge in [0.05, 0.1) is 5.49 Å². The predicted octanol–water partition coefficient (Wildman–Crippen LogP) is 2.56. The lowest BCUT2D eigenvalue weighted by Gasteiger charge is -2.13. The number of nitrogens with zero attached hydrogens (tertiary/aromatic N) is 1. The highest BCUT2D eigenvalue weighted by Gasteiger charge is 2.30. The molecule has 1 aliphatic rings. The van der Waals surface area contributed by atoms with Gasteiger partial charge >= 0.3 is 0 Å². The van der Waals surface area contributed by atoms with Crippen LogP contribution in [-0.2, 0) is 0 Å². The third-order valence-corrected chi connectivity index (χ3v) is 2.95. The molecule has 1 saturated heterocycles. The van der Waals surface area contributed by atoms with Gasteiger partial charge in [0.15, 0.2) is 23.3 Å². The van der Waals surface area contributed by atoms with Crippen LogP contribution in [0.2, 0.25) is 0 Å². The van der Waals surface area contributed by atoms with Crippen LogP contribution in [0.25, 0.3) is 0 Å². The third-order valence-electron chi connectivity index (χ3n) is 2.95. The Labute approximate surface area is 114 Å². The summed E-state index contributed by atoms with van der Waals surface area (Å²) in [5.41, 5.74) is 5.16. The van der Waals surface area contributed by atoms with Crippen LogP contribution in [0.1, 0.15) is 17.9 Å². The van der Waals surface area contributed by atoms with Crippen molar-refractivity contribution >= 4 is 17.7 Å². The Kier molecular flexibility index (Phi) is 5.68. The lowest BCUT2D eigenvalue weighted by atomic mass is 9.97. The van der Waals surface area contributed by atoms with E-state index >= 15 is 0 Å². The van der Waals surface area contributed by atoms with E-state index in [2.05, 4.69) is 18.0 Å². The fourth-order valence-corrected chi connectivity index (χ4v) is 2.12. The SMILES string of the molecule is CN1CCC(c2c(F)c(F)cc(F)c2F)C1.NC=S. The number of hydrogen-bond acceptors (Lipinski definition) is 2. The first kappa shape index (κ1) is 15.8. The van der Waals surface area contributed by atoms with Crippen LogP contribution in [-0.4, -0.2) is 30.5 Å². The van der Waals surface area contributed by atoms with Gasteiger partial charge in [-0.15, -0.1) is 0 Å². The van der Waals surface area contributed by atoms with Crippen LogP contribution in [0, 0.1) is 23.3 Å². The topological polar surface area (TPSA) is 29.3 Å². The summed E-state index contributed by atoms with van der Waals surface area (Å²) in [5, 5.41) is 0. The van der Waals surface area contributed by atoms with E-state index in [4.69, 9.17) is 0 Å².